The Morgan fingerprint density at radius 2 is 2.39 bits per heavy atom. The zero-order valence-electron chi connectivity index (χ0n) is 9.92. The molecule has 0 aliphatic rings. The molecule has 18 heavy (non-hydrogen) atoms. The second-order valence-electron chi connectivity index (χ2n) is 3.52. The van der Waals surface area contributed by atoms with E-state index in [1.807, 2.05) is 16.8 Å². The normalized spacial score (nSPS) is 10.5. The van der Waals surface area contributed by atoms with E-state index in [-0.39, 0.29) is 12.3 Å². The van der Waals surface area contributed by atoms with Crippen molar-refractivity contribution < 1.29 is 18.8 Å². The highest BCUT2D eigenvalue weighted by molar-refractivity contribution is 7.07. The summed E-state index contributed by atoms with van der Waals surface area (Å²) < 4.78 is 15.2. The van der Waals surface area contributed by atoms with Crippen LogP contribution in [0.1, 0.15) is 28.7 Å². The molecule has 0 amide bonds. The first-order valence-electron chi connectivity index (χ1n) is 5.51. The van der Waals surface area contributed by atoms with Crippen LogP contribution in [-0.2, 0) is 22.7 Å². The Bertz CT molecular complexity index is 492. The van der Waals surface area contributed by atoms with Gasteiger partial charge in [-0.25, -0.2) is 4.79 Å². The van der Waals surface area contributed by atoms with Gasteiger partial charge in [0, 0.05) is 6.07 Å². The second-order valence-corrected chi connectivity index (χ2v) is 4.30. The second kappa shape index (κ2) is 6.32. The van der Waals surface area contributed by atoms with Crippen LogP contribution in [0.4, 0.5) is 0 Å². The van der Waals surface area contributed by atoms with Gasteiger partial charge in [0.2, 0.25) is 0 Å². The molecule has 2 aromatic rings. The molecule has 5 nitrogen and oxygen atoms in total. The summed E-state index contributed by atoms with van der Waals surface area (Å²) in [6, 6.07) is 3.53. The summed E-state index contributed by atoms with van der Waals surface area (Å²) in [6.45, 7) is 2.85. The van der Waals surface area contributed by atoms with E-state index >= 15 is 0 Å². The molecule has 2 rings (SSSR count). The molecule has 0 fully saturated rings. The summed E-state index contributed by atoms with van der Waals surface area (Å²) in [5.74, 6) is 0.0265. The molecular formula is C12H13NO4S. The number of hydrogen-bond acceptors (Lipinski definition) is 6. The van der Waals surface area contributed by atoms with Gasteiger partial charge in [0.1, 0.15) is 6.61 Å². The van der Waals surface area contributed by atoms with Crippen molar-refractivity contribution in [3.8, 4) is 0 Å². The van der Waals surface area contributed by atoms with Gasteiger partial charge in [0.25, 0.3) is 0 Å². The molecule has 0 unspecified atom stereocenters. The number of thiophene rings is 1. The molecule has 96 valence electrons. The smallest absolute Gasteiger partial charge is 0.360 e. The average molecular weight is 267 g/mol. The van der Waals surface area contributed by atoms with Gasteiger partial charge in [-0.05, 0) is 29.3 Å². The zero-order chi connectivity index (χ0) is 12.8. The topological polar surface area (TPSA) is 61.6 Å². The minimum atomic E-state index is -0.481. The summed E-state index contributed by atoms with van der Waals surface area (Å²) in [5.41, 5.74) is 1.29. The SMILES string of the molecule is CCOC(=O)c1cc(COCc2ccsc2)on1. The van der Waals surface area contributed by atoms with Crippen molar-refractivity contribution in [2.24, 2.45) is 0 Å². The molecule has 0 radical (unpaired) electrons. The number of carbonyl (C=O) groups is 1. The lowest BCUT2D eigenvalue weighted by atomic mass is 10.3. The highest BCUT2D eigenvalue weighted by atomic mass is 32.1. The van der Waals surface area contributed by atoms with E-state index in [0.717, 1.165) is 5.56 Å². The van der Waals surface area contributed by atoms with Crippen molar-refractivity contribution in [1.82, 2.24) is 5.16 Å². The van der Waals surface area contributed by atoms with E-state index in [0.29, 0.717) is 19.0 Å². The Balaban J connectivity index is 1.81. The third-order valence-corrected chi connectivity index (χ3v) is 2.87. The van der Waals surface area contributed by atoms with Crippen LogP contribution >= 0.6 is 11.3 Å². The number of nitrogens with zero attached hydrogens (tertiary/aromatic N) is 1. The van der Waals surface area contributed by atoms with Crippen LogP contribution in [0.15, 0.2) is 27.4 Å². The third-order valence-electron chi connectivity index (χ3n) is 2.14. The van der Waals surface area contributed by atoms with Crippen LogP contribution in [0.5, 0.6) is 0 Å². The van der Waals surface area contributed by atoms with Gasteiger partial charge in [-0.15, -0.1) is 0 Å². The van der Waals surface area contributed by atoms with Crippen LogP contribution in [0.25, 0.3) is 0 Å². The summed E-state index contributed by atoms with van der Waals surface area (Å²) in [4.78, 5) is 11.3. The fourth-order valence-electron chi connectivity index (χ4n) is 1.33. The van der Waals surface area contributed by atoms with Crippen molar-refractivity contribution >= 4 is 17.3 Å². The maximum absolute atomic E-state index is 11.3. The number of aromatic nitrogens is 1. The predicted octanol–water partition coefficient (Wildman–Crippen LogP) is 2.63. The van der Waals surface area contributed by atoms with Crippen LogP contribution in [0, 0.1) is 0 Å². The van der Waals surface area contributed by atoms with Gasteiger partial charge in [0.15, 0.2) is 11.5 Å². The summed E-state index contributed by atoms with van der Waals surface area (Å²) in [6.07, 6.45) is 0. The third kappa shape index (κ3) is 3.41. The maximum atomic E-state index is 11.3. The Morgan fingerprint density at radius 1 is 1.50 bits per heavy atom. The summed E-state index contributed by atoms with van der Waals surface area (Å²) in [5, 5.41) is 7.63. The monoisotopic (exact) mass is 267 g/mol. The van der Waals surface area contributed by atoms with E-state index in [1.165, 1.54) is 6.07 Å². The number of hydrogen-bond donors (Lipinski definition) is 0. The van der Waals surface area contributed by atoms with Crippen LogP contribution < -0.4 is 0 Å². The minimum absolute atomic E-state index is 0.172. The lowest BCUT2D eigenvalue weighted by molar-refractivity contribution is 0.0513. The Labute approximate surface area is 108 Å². The molecular weight excluding hydrogens is 254 g/mol. The van der Waals surface area contributed by atoms with Crippen molar-refractivity contribution in [2.45, 2.75) is 20.1 Å². The van der Waals surface area contributed by atoms with E-state index in [1.54, 1.807) is 18.3 Å². The number of ether oxygens (including phenoxy) is 2. The first kappa shape index (κ1) is 12.8. The molecule has 0 bridgehead atoms. The zero-order valence-corrected chi connectivity index (χ0v) is 10.7. The Kier molecular flexibility index (Phi) is 4.49. The number of esters is 1. The predicted molar refractivity (Wildman–Crippen MR) is 65.3 cm³/mol. The molecule has 0 aliphatic heterocycles. The first-order chi connectivity index (χ1) is 8.79. The fraction of sp³-hybridized carbons (Fsp3) is 0.333. The molecule has 0 aliphatic carbocycles. The van der Waals surface area contributed by atoms with Gasteiger partial charge in [-0.2, -0.15) is 11.3 Å². The van der Waals surface area contributed by atoms with Crippen molar-refractivity contribution in [3.05, 3.63) is 39.9 Å². The summed E-state index contributed by atoms with van der Waals surface area (Å²) >= 11 is 1.62. The van der Waals surface area contributed by atoms with Gasteiger partial charge in [-0.1, -0.05) is 5.16 Å². The van der Waals surface area contributed by atoms with Gasteiger partial charge < -0.3 is 14.0 Å². The molecule has 6 heteroatoms. The Morgan fingerprint density at radius 3 is 3.11 bits per heavy atom. The molecule has 2 heterocycles. The quantitative estimate of drug-likeness (QED) is 0.753. The fourth-order valence-corrected chi connectivity index (χ4v) is 1.98. The minimum Gasteiger partial charge on any atom is -0.461 e. The van der Waals surface area contributed by atoms with E-state index in [2.05, 4.69) is 5.16 Å². The molecule has 0 saturated heterocycles. The van der Waals surface area contributed by atoms with Gasteiger partial charge in [0.05, 0.1) is 13.2 Å². The highest BCUT2D eigenvalue weighted by Gasteiger charge is 2.13. The molecule has 0 aromatic carbocycles. The molecule has 2 aromatic heterocycles. The molecule has 0 N–H and O–H groups in total. The van der Waals surface area contributed by atoms with E-state index in [9.17, 15) is 4.79 Å². The largest absolute Gasteiger partial charge is 0.461 e. The average Bonchev–Trinajstić information content (AvgIpc) is 3.00. The summed E-state index contributed by atoms with van der Waals surface area (Å²) in [7, 11) is 0. The maximum Gasteiger partial charge on any atom is 0.360 e. The van der Waals surface area contributed by atoms with Gasteiger partial charge >= 0.3 is 5.97 Å². The molecule has 0 spiro atoms. The number of rotatable bonds is 6. The standard InChI is InChI=1S/C12H13NO4S/c1-2-16-12(14)11-5-10(17-13-11)7-15-6-9-3-4-18-8-9/h3-5,8H,2,6-7H2,1H3. The van der Waals surface area contributed by atoms with E-state index in [4.69, 9.17) is 14.0 Å². The van der Waals surface area contributed by atoms with Crippen LogP contribution in [0.3, 0.4) is 0 Å². The molecule has 0 saturated carbocycles. The van der Waals surface area contributed by atoms with Crippen LogP contribution in [0.2, 0.25) is 0 Å². The van der Waals surface area contributed by atoms with E-state index < -0.39 is 5.97 Å². The first-order valence-corrected chi connectivity index (χ1v) is 6.45. The molecule has 0 atom stereocenters. The van der Waals surface area contributed by atoms with Gasteiger partial charge in [-0.3, -0.25) is 0 Å². The van der Waals surface area contributed by atoms with Crippen molar-refractivity contribution in [3.63, 3.8) is 0 Å². The number of carbonyl (C=O) groups excluding carboxylic acids is 1. The van der Waals surface area contributed by atoms with Crippen molar-refractivity contribution in [1.29, 1.82) is 0 Å². The Hall–Kier alpha value is -1.66. The van der Waals surface area contributed by atoms with Crippen molar-refractivity contribution in [2.75, 3.05) is 6.61 Å². The highest BCUT2D eigenvalue weighted by Crippen LogP contribution is 2.10. The lowest BCUT2D eigenvalue weighted by Crippen LogP contribution is -2.04. The van der Waals surface area contributed by atoms with Crippen LogP contribution in [-0.4, -0.2) is 17.7 Å². The lowest BCUT2D eigenvalue weighted by Gasteiger charge is -1.98.